The average molecular weight is 234 g/mol. The quantitative estimate of drug-likeness (QED) is 0.839. The van der Waals surface area contributed by atoms with E-state index in [-0.39, 0.29) is 23.2 Å². The molecule has 0 aliphatic carbocycles. The molecule has 1 N–H and O–H groups in total. The minimum Gasteiger partial charge on any atom is -0.478 e. The molecule has 1 atom stereocenters. The van der Waals surface area contributed by atoms with Crippen LogP contribution in [0, 0.1) is 0 Å². The number of nitrogens with zero attached hydrogens (tertiary/aromatic N) is 2. The Hall–Kier alpha value is -1.91. The highest BCUT2D eigenvalue weighted by Gasteiger charge is 2.29. The third-order valence-corrected chi connectivity index (χ3v) is 3.05. The van der Waals surface area contributed by atoms with Crippen LogP contribution in [0.25, 0.3) is 0 Å². The van der Waals surface area contributed by atoms with E-state index in [1.165, 1.54) is 18.3 Å². The van der Waals surface area contributed by atoms with E-state index in [9.17, 15) is 9.59 Å². The van der Waals surface area contributed by atoms with Crippen LogP contribution >= 0.6 is 0 Å². The second kappa shape index (κ2) is 4.53. The van der Waals surface area contributed by atoms with Gasteiger partial charge in [-0.05, 0) is 31.9 Å². The van der Waals surface area contributed by atoms with Gasteiger partial charge >= 0.3 is 5.97 Å². The fourth-order valence-electron chi connectivity index (χ4n) is 2.12. The number of amides is 1. The Kier molecular flexibility index (Phi) is 3.08. The maximum absolute atomic E-state index is 12.2. The molecule has 5 heteroatoms. The molecule has 1 saturated heterocycles. The normalized spacial score (nSPS) is 19.4. The van der Waals surface area contributed by atoms with Gasteiger partial charge in [-0.1, -0.05) is 0 Å². The first-order valence-corrected chi connectivity index (χ1v) is 5.60. The van der Waals surface area contributed by atoms with Crippen LogP contribution in [0.1, 0.15) is 40.6 Å². The average Bonchev–Trinajstić information content (AvgIpc) is 2.74. The summed E-state index contributed by atoms with van der Waals surface area (Å²) in [5, 5.41) is 9.01. The van der Waals surface area contributed by atoms with Gasteiger partial charge in [-0.15, -0.1) is 0 Å². The number of likely N-dealkylation sites (tertiary alicyclic amines) is 1. The molecular weight excluding hydrogens is 220 g/mol. The lowest BCUT2D eigenvalue weighted by molar-refractivity contribution is 0.0669. The Labute approximate surface area is 99.1 Å². The van der Waals surface area contributed by atoms with E-state index >= 15 is 0 Å². The summed E-state index contributed by atoms with van der Waals surface area (Å²) in [4.78, 5) is 28.8. The number of aromatic carboxylic acids is 1. The SMILES string of the molecule is CC1CCCN1C(=O)c1ncccc1C(=O)O. The molecule has 2 heterocycles. The minimum absolute atomic E-state index is 0.0309. The molecule has 1 amide bonds. The maximum atomic E-state index is 12.2. The van der Waals surface area contributed by atoms with Crippen LogP contribution in [0.15, 0.2) is 18.3 Å². The van der Waals surface area contributed by atoms with E-state index in [0.717, 1.165) is 12.8 Å². The van der Waals surface area contributed by atoms with Crippen molar-refractivity contribution in [1.82, 2.24) is 9.88 Å². The van der Waals surface area contributed by atoms with E-state index in [4.69, 9.17) is 5.11 Å². The number of hydrogen-bond donors (Lipinski definition) is 1. The number of carboxylic acids is 1. The molecule has 0 saturated carbocycles. The molecule has 0 spiro atoms. The fourth-order valence-corrected chi connectivity index (χ4v) is 2.12. The number of carbonyl (C=O) groups is 2. The molecule has 1 aromatic heterocycles. The summed E-state index contributed by atoms with van der Waals surface area (Å²) < 4.78 is 0. The highest BCUT2D eigenvalue weighted by atomic mass is 16.4. The van der Waals surface area contributed by atoms with Gasteiger partial charge in [0.1, 0.15) is 5.69 Å². The summed E-state index contributed by atoms with van der Waals surface area (Å²) >= 11 is 0. The largest absolute Gasteiger partial charge is 0.478 e. The lowest BCUT2D eigenvalue weighted by Crippen LogP contribution is -2.35. The van der Waals surface area contributed by atoms with Crippen LogP contribution in [0.3, 0.4) is 0 Å². The van der Waals surface area contributed by atoms with Crippen molar-refractivity contribution >= 4 is 11.9 Å². The van der Waals surface area contributed by atoms with Crippen LogP contribution in [0.2, 0.25) is 0 Å². The van der Waals surface area contributed by atoms with Crippen molar-refractivity contribution in [2.45, 2.75) is 25.8 Å². The van der Waals surface area contributed by atoms with Gasteiger partial charge in [0.15, 0.2) is 0 Å². The molecule has 1 aromatic rings. The molecule has 90 valence electrons. The Bertz CT molecular complexity index is 459. The molecule has 0 aromatic carbocycles. The molecule has 1 unspecified atom stereocenters. The van der Waals surface area contributed by atoms with E-state index in [0.29, 0.717) is 6.54 Å². The van der Waals surface area contributed by atoms with Crippen LogP contribution in [-0.4, -0.2) is 39.5 Å². The molecule has 2 rings (SSSR count). The van der Waals surface area contributed by atoms with Crippen LogP contribution in [0.5, 0.6) is 0 Å². The second-order valence-electron chi connectivity index (χ2n) is 4.19. The van der Waals surface area contributed by atoms with Crippen molar-refractivity contribution < 1.29 is 14.7 Å². The number of rotatable bonds is 2. The van der Waals surface area contributed by atoms with Crippen LogP contribution in [-0.2, 0) is 0 Å². The second-order valence-corrected chi connectivity index (χ2v) is 4.19. The summed E-state index contributed by atoms with van der Waals surface area (Å²) in [5.74, 6) is -1.40. The first kappa shape index (κ1) is 11.6. The minimum atomic E-state index is -1.12. The van der Waals surface area contributed by atoms with Gasteiger partial charge in [0.05, 0.1) is 5.56 Å². The number of hydrogen-bond acceptors (Lipinski definition) is 3. The van der Waals surface area contributed by atoms with Crippen molar-refractivity contribution in [3.63, 3.8) is 0 Å². The van der Waals surface area contributed by atoms with E-state index in [1.807, 2.05) is 6.92 Å². The Morgan fingerprint density at radius 1 is 1.53 bits per heavy atom. The predicted octanol–water partition coefficient (Wildman–Crippen LogP) is 1.40. The van der Waals surface area contributed by atoms with Gasteiger partial charge in [-0.3, -0.25) is 9.78 Å². The van der Waals surface area contributed by atoms with Gasteiger partial charge in [-0.2, -0.15) is 0 Å². The molecular formula is C12H14N2O3. The van der Waals surface area contributed by atoms with Gasteiger partial charge in [-0.25, -0.2) is 4.79 Å². The summed E-state index contributed by atoms with van der Waals surface area (Å²) in [6, 6.07) is 3.09. The zero-order valence-corrected chi connectivity index (χ0v) is 9.59. The molecule has 0 radical (unpaired) electrons. The first-order chi connectivity index (χ1) is 8.11. The van der Waals surface area contributed by atoms with E-state index in [1.54, 1.807) is 4.90 Å². The topological polar surface area (TPSA) is 70.5 Å². The van der Waals surface area contributed by atoms with Gasteiger partial charge in [0, 0.05) is 18.8 Å². The third kappa shape index (κ3) is 2.13. The van der Waals surface area contributed by atoms with Crippen molar-refractivity contribution in [3.05, 3.63) is 29.6 Å². The lowest BCUT2D eigenvalue weighted by atomic mass is 10.1. The highest BCUT2D eigenvalue weighted by molar-refractivity contribution is 6.03. The number of carboxylic acid groups (broad SMARTS) is 1. The van der Waals surface area contributed by atoms with Gasteiger partial charge in [0.2, 0.25) is 0 Å². The van der Waals surface area contributed by atoms with Crippen molar-refractivity contribution in [3.8, 4) is 0 Å². The summed E-state index contributed by atoms with van der Waals surface area (Å²) in [6.45, 7) is 2.64. The third-order valence-electron chi connectivity index (χ3n) is 3.05. The molecule has 1 fully saturated rings. The highest BCUT2D eigenvalue weighted by Crippen LogP contribution is 2.20. The lowest BCUT2D eigenvalue weighted by Gasteiger charge is -2.21. The van der Waals surface area contributed by atoms with Gasteiger partial charge in [0.25, 0.3) is 5.91 Å². The van der Waals surface area contributed by atoms with Crippen molar-refractivity contribution in [1.29, 1.82) is 0 Å². The zero-order valence-electron chi connectivity index (χ0n) is 9.59. The standard InChI is InChI=1S/C12H14N2O3/c1-8-4-3-7-14(8)11(15)10-9(12(16)17)5-2-6-13-10/h2,5-6,8H,3-4,7H2,1H3,(H,16,17). The molecule has 5 nitrogen and oxygen atoms in total. The maximum Gasteiger partial charge on any atom is 0.338 e. The number of aromatic nitrogens is 1. The van der Waals surface area contributed by atoms with Gasteiger partial charge < -0.3 is 10.0 Å². The van der Waals surface area contributed by atoms with E-state index < -0.39 is 5.97 Å². The first-order valence-electron chi connectivity index (χ1n) is 5.60. The number of carbonyl (C=O) groups excluding carboxylic acids is 1. The van der Waals surface area contributed by atoms with Crippen molar-refractivity contribution in [2.75, 3.05) is 6.54 Å². The summed E-state index contributed by atoms with van der Waals surface area (Å²) in [7, 11) is 0. The van der Waals surface area contributed by atoms with Crippen molar-refractivity contribution in [2.24, 2.45) is 0 Å². The smallest absolute Gasteiger partial charge is 0.338 e. The monoisotopic (exact) mass is 234 g/mol. The Morgan fingerprint density at radius 3 is 2.88 bits per heavy atom. The summed E-state index contributed by atoms with van der Waals surface area (Å²) in [5.41, 5.74) is 0.00495. The molecule has 0 bridgehead atoms. The predicted molar refractivity (Wildman–Crippen MR) is 60.9 cm³/mol. The fraction of sp³-hybridized carbons (Fsp3) is 0.417. The number of pyridine rings is 1. The molecule has 1 aliphatic heterocycles. The molecule has 17 heavy (non-hydrogen) atoms. The van der Waals surface area contributed by atoms with E-state index in [2.05, 4.69) is 4.98 Å². The molecule has 1 aliphatic rings. The van der Waals surface area contributed by atoms with Crippen LogP contribution < -0.4 is 0 Å². The Morgan fingerprint density at radius 2 is 2.29 bits per heavy atom. The Balaban J connectivity index is 2.33. The summed E-state index contributed by atoms with van der Waals surface area (Å²) in [6.07, 6.45) is 3.36. The zero-order chi connectivity index (χ0) is 12.4. The van der Waals surface area contributed by atoms with Crippen LogP contribution in [0.4, 0.5) is 0 Å².